The van der Waals surface area contributed by atoms with Gasteiger partial charge in [-0.15, -0.1) is 0 Å². The zero-order valence-electron chi connectivity index (χ0n) is 18.0. The van der Waals surface area contributed by atoms with Crippen molar-refractivity contribution in [3.05, 3.63) is 92.9 Å². The van der Waals surface area contributed by atoms with Gasteiger partial charge in [-0.2, -0.15) is 0 Å². The maximum atomic E-state index is 13.4. The molecule has 162 valence electrons. The van der Waals surface area contributed by atoms with Crippen molar-refractivity contribution >= 4 is 17.3 Å². The van der Waals surface area contributed by atoms with Crippen molar-refractivity contribution < 1.29 is 5.11 Å². The van der Waals surface area contributed by atoms with E-state index in [9.17, 15) is 9.90 Å². The Morgan fingerprint density at radius 3 is 2.26 bits per heavy atom. The number of para-hydroxylation sites is 1. The van der Waals surface area contributed by atoms with Gasteiger partial charge in [-0.25, -0.2) is 0 Å². The average molecular weight is 438 g/mol. The molecule has 2 heterocycles. The fourth-order valence-corrected chi connectivity index (χ4v) is 4.63. The normalized spacial score (nSPS) is 15.8. The number of nitrogens with zero attached hydrogens (tertiary/aromatic N) is 3. The van der Waals surface area contributed by atoms with Gasteiger partial charge in [0.25, 0.3) is 5.56 Å². The van der Waals surface area contributed by atoms with E-state index in [1.54, 1.807) is 10.6 Å². The maximum Gasteiger partial charge on any atom is 0.259 e. The lowest BCUT2D eigenvalue weighted by Gasteiger charge is -2.40. The van der Waals surface area contributed by atoms with E-state index in [1.807, 2.05) is 44.2 Å². The fraction of sp³-hybridized carbons (Fsp3) is 0.320. The first kappa shape index (κ1) is 21.5. The summed E-state index contributed by atoms with van der Waals surface area (Å²) in [6.07, 6.45) is 0. The molecule has 1 aliphatic rings. The minimum atomic E-state index is -0.332. The predicted molar refractivity (Wildman–Crippen MR) is 126 cm³/mol. The zero-order valence-corrected chi connectivity index (χ0v) is 18.7. The highest BCUT2D eigenvalue weighted by Crippen LogP contribution is 2.34. The van der Waals surface area contributed by atoms with Crippen molar-refractivity contribution in [3.8, 4) is 5.75 Å². The van der Waals surface area contributed by atoms with Crippen LogP contribution in [-0.2, 0) is 6.54 Å². The Balaban J connectivity index is 1.72. The quantitative estimate of drug-likeness (QED) is 0.640. The highest BCUT2D eigenvalue weighted by molar-refractivity contribution is 6.30. The van der Waals surface area contributed by atoms with E-state index in [0.717, 1.165) is 37.4 Å². The molecule has 1 aromatic heterocycles. The second-order valence-corrected chi connectivity index (χ2v) is 8.38. The summed E-state index contributed by atoms with van der Waals surface area (Å²) in [4.78, 5) is 18.0. The third-order valence-electron chi connectivity index (χ3n) is 6.10. The summed E-state index contributed by atoms with van der Waals surface area (Å²) >= 11 is 6.13. The van der Waals surface area contributed by atoms with Crippen LogP contribution in [0.2, 0.25) is 5.02 Å². The van der Waals surface area contributed by atoms with Gasteiger partial charge in [0, 0.05) is 49.1 Å². The first-order valence-electron chi connectivity index (χ1n) is 10.7. The van der Waals surface area contributed by atoms with E-state index in [1.165, 1.54) is 5.69 Å². The summed E-state index contributed by atoms with van der Waals surface area (Å²) in [5.74, 6) is 0.0534. The molecule has 1 aliphatic heterocycles. The van der Waals surface area contributed by atoms with Crippen LogP contribution in [0.4, 0.5) is 5.69 Å². The van der Waals surface area contributed by atoms with Crippen LogP contribution < -0.4 is 10.5 Å². The number of halogens is 1. The number of hydrogen-bond acceptors (Lipinski definition) is 4. The van der Waals surface area contributed by atoms with Crippen LogP contribution in [0.1, 0.15) is 29.8 Å². The molecule has 0 unspecified atom stereocenters. The molecule has 0 saturated carbocycles. The molecule has 5 nitrogen and oxygen atoms in total. The van der Waals surface area contributed by atoms with Crippen LogP contribution in [0, 0.1) is 6.92 Å². The molecule has 1 saturated heterocycles. The molecule has 6 heteroatoms. The molecule has 1 atom stereocenters. The van der Waals surface area contributed by atoms with Crippen molar-refractivity contribution in [2.45, 2.75) is 26.4 Å². The van der Waals surface area contributed by atoms with Crippen molar-refractivity contribution in [1.82, 2.24) is 9.47 Å². The van der Waals surface area contributed by atoms with Gasteiger partial charge in [0.05, 0.1) is 11.6 Å². The van der Waals surface area contributed by atoms with Crippen molar-refractivity contribution in [1.29, 1.82) is 0 Å². The second kappa shape index (κ2) is 9.16. The number of pyridine rings is 1. The summed E-state index contributed by atoms with van der Waals surface area (Å²) in [5, 5.41) is 11.5. The molecule has 0 radical (unpaired) electrons. The number of hydrogen-bond donors (Lipinski definition) is 1. The van der Waals surface area contributed by atoms with E-state index in [4.69, 9.17) is 11.6 Å². The summed E-state index contributed by atoms with van der Waals surface area (Å²) in [5.41, 5.74) is 3.22. The Labute approximate surface area is 188 Å². The first-order valence-corrected chi connectivity index (χ1v) is 11.1. The summed E-state index contributed by atoms with van der Waals surface area (Å²) < 4.78 is 1.72. The summed E-state index contributed by atoms with van der Waals surface area (Å²) in [7, 11) is 0. The molecule has 0 aliphatic carbocycles. The van der Waals surface area contributed by atoms with E-state index in [-0.39, 0.29) is 17.4 Å². The lowest BCUT2D eigenvalue weighted by Crippen LogP contribution is -2.49. The molecule has 1 fully saturated rings. The van der Waals surface area contributed by atoms with E-state index < -0.39 is 0 Å². The fourth-order valence-electron chi connectivity index (χ4n) is 4.50. The van der Waals surface area contributed by atoms with Gasteiger partial charge in [-0.05, 0) is 49.7 Å². The van der Waals surface area contributed by atoms with Crippen molar-refractivity contribution in [2.24, 2.45) is 0 Å². The number of aryl methyl sites for hydroxylation is 1. The smallest absolute Gasteiger partial charge is 0.259 e. The van der Waals surface area contributed by atoms with Gasteiger partial charge < -0.3 is 14.6 Å². The zero-order chi connectivity index (χ0) is 22.0. The van der Waals surface area contributed by atoms with Crippen LogP contribution in [0.15, 0.2) is 65.5 Å². The minimum Gasteiger partial charge on any atom is -0.507 e. The Morgan fingerprint density at radius 2 is 1.65 bits per heavy atom. The van der Waals surface area contributed by atoms with Crippen molar-refractivity contribution in [3.63, 3.8) is 0 Å². The van der Waals surface area contributed by atoms with Gasteiger partial charge in [0.15, 0.2) is 0 Å². The molecule has 0 amide bonds. The Bertz CT molecular complexity index is 1090. The van der Waals surface area contributed by atoms with Crippen molar-refractivity contribution in [2.75, 3.05) is 31.1 Å². The molecular weight excluding hydrogens is 410 g/mol. The van der Waals surface area contributed by atoms with E-state index in [0.29, 0.717) is 17.1 Å². The van der Waals surface area contributed by atoms with Gasteiger partial charge >= 0.3 is 0 Å². The minimum absolute atomic E-state index is 0.0534. The van der Waals surface area contributed by atoms with Crippen LogP contribution in [0.25, 0.3) is 0 Å². The Kier molecular flexibility index (Phi) is 6.35. The summed E-state index contributed by atoms with van der Waals surface area (Å²) in [6.45, 7) is 7.62. The van der Waals surface area contributed by atoms with Crippen LogP contribution in [0.5, 0.6) is 5.75 Å². The number of rotatable bonds is 5. The average Bonchev–Trinajstić information content (AvgIpc) is 2.78. The molecule has 4 rings (SSSR count). The highest BCUT2D eigenvalue weighted by Gasteiger charge is 2.31. The standard InChI is InChI=1S/C25H28ClN3O2/c1-3-29-18(2)17-22(30)23(25(29)31)24(19-9-11-20(26)12-10-19)28-15-13-27(14-16-28)21-7-5-4-6-8-21/h4-12,17,24,30H,3,13-16H2,1-2H3/t24-/m0/s1. The van der Waals surface area contributed by atoms with Crippen LogP contribution in [-0.4, -0.2) is 40.8 Å². The van der Waals surface area contributed by atoms with Gasteiger partial charge in [0.2, 0.25) is 0 Å². The first-order chi connectivity index (χ1) is 15.0. The number of aromatic nitrogens is 1. The lowest BCUT2D eigenvalue weighted by atomic mass is 9.96. The molecule has 0 bridgehead atoms. The maximum absolute atomic E-state index is 13.4. The molecule has 0 spiro atoms. The highest BCUT2D eigenvalue weighted by atomic mass is 35.5. The topological polar surface area (TPSA) is 48.7 Å². The molecule has 31 heavy (non-hydrogen) atoms. The number of aromatic hydroxyl groups is 1. The molecule has 1 N–H and O–H groups in total. The largest absolute Gasteiger partial charge is 0.507 e. The number of benzene rings is 2. The SMILES string of the molecule is CCn1c(C)cc(O)c([C@H](c2ccc(Cl)cc2)N2CCN(c3ccccc3)CC2)c1=O. The Hall–Kier alpha value is -2.76. The van der Waals surface area contributed by atoms with Gasteiger partial charge in [-0.3, -0.25) is 9.69 Å². The predicted octanol–water partition coefficient (Wildman–Crippen LogP) is 4.45. The lowest BCUT2D eigenvalue weighted by molar-refractivity contribution is 0.207. The Morgan fingerprint density at radius 1 is 1.00 bits per heavy atom. The summed E-state index contributed by atoms with van der Waals surface area (Å²) in [6, 6.07) is 19.3. The third kappa shape index (κ3) is 4.34. The number of piperazine rings is 1. The number of anilines is 1. The third-order valence-corrected chi connectivity index (χ3v) is 6.35. The molecule has 2 aromatic carbocycles. The van der Waals surface area contributed by atoms with Gasteiger partial charge in [0.1, 0.15) is 5.75 Å². The van der Waals surface area contributed by atoms with Crippen LogP contribution in [0.3, 0.4) is 0 Å². The van der Waals surface area contributed by atoms with Crippen LogP contribution >= 0.6 is 11.6 Å². The monoisotopic (exact) mass is 437 g/mol. The molecular formula is C25H28ClN3O2. The van der Waals surface area contributed by atoms with E-state index >= 15 is 0 Å². The van der Waals surface area contributed by atoms with Gasteiger partial charge in [-0.1, -0.05) is 41.9 Å². The van der Waals surface area contributed by atoms with E-state index in [2.05, 4.69) is 34.1 Å². The molecule has 3 aromatic rings. The second-order valence-electron chi connectivity index (χ2n) is 7.95.